The lowest BCUT2D eigenvalue weighted by atomic mass is 10.1. The van der Waals surface area contributed by atoms with Crippen LogP contribution >= 0.6 is 31.9 Å². The van der Waals surface area contributed by atoms with Crippen molar-refractivity contribution in [3.05, 3.63) is 85.3 Å². The Bertz CT molecular complexity index is 1310. The number of anilines is 2. The molecule has 9 nitrogen and oxygen atoms in total. The van der Waals surface area contributed by atoms with Crippen LogP contribution in [0.15, 0.2) is 74.5 Å². The summed E-state index contributed by atoms with van der Waals surface area (Å²) in [5, 5.41) is 13.7. The molecule has 12 heteroatoms. The molecule has 0 saturated carbocycles. The smallest absolute Gasteiger partial charge is 0.273 e. The molecule has 1 amide bonds. The SMILES string of the molecule is COc1cc([N+](=O)[O-])ccc1S(=O)(=O)Nc1ccccc1C(=O)Nc1ccc(Br)cc1Br. The molecule has 32 heavy (non-hydrogen) atoms. The van der Waals surface area contributed by atoms with Crippen molar-refractivity contribution in [1.29, 1.82) is 0 Å². The average molecular weight is 585 g/mol. The molecular weight excluding hydrogens is 570 g/mol. The zero-order valence-corrected chi connectivity index (χ0v) is 20.3. The second-order valence-corrected chi connectivity index (χ2v) is 9.74. The Morgan fingerprint density at radius 1 is 1.03 bits per heavy atom. The van der Waals surface area contributed by atoms with Crippen molar-refractivity contribution in [1.82, 2.24) is 0 Å². The lowest BCUT2D eigenvalue weighted by molar-refractivity contribution is -0.385. The molecule has 0 fully saturated rings. The summed E-state index contributed by atoms with van der Waals surface area (Å²) >= 11 is 6.69. The molecule has 0 unspecified atom stereocenters. The van der Waals surface area contributed by atoms with E-state index in [4.69, 9.17) is 4.74 Å². The van der Waals surface area contributed by atoms with Gasteiger partial charge in [-0.15, -0.1) is 0 Å². The van der Waals surface area contributed by atoms with Crippen LogP contribution in [0.1, 0.15) is 10.4 Å². The van der Waals surface area contributed by atoms with Gasteiger partial charge in [-0.2, -0.15) is 0 Å². The highest BCUT2D eigenvalue weighted by Crippen LogP contribution is 2.31. The number of nitrogens with one attached hydrogen (secondary N) is 2. The van der Waals surface area contributed by atoms with Crippen molar-refractivity contribution in [3.63, 3.8) is 0 Å². The molecular formula is C20H15Br2N3O6S. The minimum absolute atomic E-state index is 0.0265. The third-order valence-corrected chi connectivity index (χ3v) is 6.80. The van der Waals surface area contributed by atoms with E-state index in [-0.39, 0.29) is 27.6 Å². The van der Waals surface area contributed by atoms with E-state index in [0.717, 1.165) is 22.7 Å². The van der Waals surface area contributed by atoms with Crippen LogP contribution in [-0.4, -0.2) is 26.4 Å². The Kier molecular flexibility index (Phi) is 7.16. The first kappa shape index (κ1) is 23.7. The van der Waals surface area contributed by atoms with E-state index >= 15 is 0 Å². The van der Waals surface area contributed by atoms with Crippen molar-refractivity contribution < 1.29 is 22.9 Å². The van der Waals surface area contributed by atoms with Crippen LogP contribution in [0.2, 0.25) is 0 Å². The third kappa shape index (κ3) is 5.26. The van der Waals surface area contributed by atoms with E-state index in [0.29, 0.717) is 10.2 Å². The van der Waals surface area contributed by atoms with Gasteiger partial charge in [0.25, 0.3) is 21.6 Å². The van der Waals surface area contributed by atoms with Crippen LogP contribution < -0.4 is 14.8 Å². The van der Waals surface area contributed by atoms with Crippen LogP contribution in [0, 0.1) is 10.1 Å². The summed E-state index contributed by atoms with van der Waals surface area (Å²) in [6.07, 6.45) is 0. The number of nitro benzene ring substituents is 1. The Morgan fingerprint density at radius 3 is 2.41 bits per heavy atom. The maximum absolute atomic E-state index is 13.0. The molecule has 3 aromatic carbocycles. The van der Waals surface area contributed by atoms with Gasteiger partial charge >= 0.3 is 0 Å². The summed E-state index contributed by atoms with van der Waals surface area (Å²) in [6.45, 7) is 0. The van der Waals surface area contributed by atoms with Crippen LogP contribution in [0.4, 0.5) is 17.1 Å². The van der Waals surface area contributed by atoms with E-state index in [9.17, 15) is 23.3 Å². The summed E-state index contributed by atoms with van der Waals surface area (Å²) in [5.74, 6) is -0.741. The van der Waals surface area contributed by atoms with Crippen LogP contribution in [0.25, 0.3) is 0 Å². The highest BCUT2D eigenvalue weighted by molar-refractivity contribution is 9.11. The minimum Gasteiger partial charge on any atom is -0.495 e. The molecule has 0 aromatic heterocycles. The number of hydrogen-bond acceptors (Lipinski definition) is 6. The van der Waals surface area contributed by atoms with Gasteiger partial charge in [0, 0.05) is 15.0 Å². The lowest BCUT2D eigenvalue weighted by Crippen LogP contribution is -2.19. The fraction of sp³-hybridized carbons (Fsp3) is 0.0500. The number of carbonyl (C=O) groups is 1. The van der Waals surface area contributed by atoms with E-state index in [1.54, 1.807) is 30.3 Å². The van der Waals surface area contributed by atoms with Gasteiger partial charge < -0.3 is 10.1 Å². The van der Waals surface area contributed by atoms with E-state index in [2.05, 4.69) is 41.9 Å². The molecule has 0 atom stereocenters. The quantitative estimate of drug-likeness (QED) is 0.291. The van der Waals surface area contributed by atoms with Gasteiger partial charge in [-0.05, 0) is 52.3 Å². The summed E-state index contributed by atoms with van der Waals surface area (Å²) < 4.78 is 34.8. The largest absolute Gasteiger partial charge is 0.495 e. The number of halogens is 2. The predicted molar refractivity (Wildman–Crippen MR) is 127 cm³/mol. The standard InChI is InChI=1S/C20H15Br2N3O6S/c1-31-18-11-13(25(27)28)7-9-19(18)32(29,30)24-16-5-3-2-4-14(16)20(26)23-17-8-6-12(21)10-15(17)22/h2-11,24H,1H3,(H,23,26). The van der Waals surface area contributed by atoms with E-state index < -0.39 is 20.9 Å². The number of amides is 1. The van der Waals surface area contributed by atoms with Gasteiger partial charge in [0.1, 0.15) is 10.6 Å². The molecule has 0 aliphatic rings. The molecule has 3 aromatic rings. The molecule has 0 aliphatic heterocycles. The number of nitro groups is 1. The molecule has 0 heterocycles. The highest BCUT2D eigenvalue weighted by atomic mass is 79.9. The van der Waals surface area contributed by atoms with Crippen molar-refractivity contribution in [2.24, 2.45) is 0 Å². The summed E-state index contributed by atoms with van der Waals surface area (Å²) in [6, 6.07) is 14.4. The lowest BCUT2D eigenvalue weighted by Gasteiger charge is -2.15. The Morgan fingerprint density at radius 2 is 1.75 bits per heavy atom. The van der Waals surface area contributed by atoms with Gasteiger partial charge in [0.2, 0.25) is 0 Å². The molecule has 0 radical (unpaired) electrons. The Labute approximate surface area is 200 Å². The van der Waals surface area contributed by atoms with Crippen molar-refractivity contribution >= 4 is 64.9 Å². The zero-order valence-electron chi connectivity index (χ0n) is 16.3. The first-order chi connectivity index (χ1) is 15.1. The normalized spacial score (nSPS) is 11.0. The third-order valence-electron chi connectivity index (χ3n) is 4.24. The van der Waals surface area contributed by atoms with Crippen molar-refractivity contribution in [2.75, 3.05) is 17.1 Å². The van der Waals surface area contributed by atoms with Gasteiger partial charge in [-0.1, -0.05) is 28.1 Å². The summed E-state index contributed by atoms with van der Waals surface area (Å²) in [4.78, 5) is 22.9. The summed E-state index contributed by atoms with van der Waals surface area (Å²) in [5.41, 5.74) is 0.277. The Hall–Kier alpha value is -2.96. The Balaban J connectivity index is 1.93. The van der Waals surface area contributed by atoms with Crippen LogP contribution in [0.3, 0.4) is 0 Å². The molecule has 0 spiro atoms. The second kappa shape index (κ2) is 9.67. The number of rotatable bonds is 7. The fourth-order valence-electron chi connectivity index (χ4n) is 2.74. The van der Waals surface area contributed by atoms with Gasteiger partial charge in [0.05, 0.1) is 35.0 Å². The first-order valence-corrected chi connectivity index (χ1v) is 11.9. The number of ether oxygens (including phenoxy) is 1. The number of carbonyl (C=O) groups excluding carboxylic acids is 1. The number of methoxy groups -OCH3 is 1. The van der Waals surface area contributed by atoms with Gasteiger partial charge in [0.15, 0.2) is 0 Å². The number of para-hydroxylation sites is 1. The van der Waals surface area contributed by atoms with Crippen molar-refractivity contribution in [3.8, 4) is 5.75 Å². The van der Waals surface area contributed by atoms with Crippen LogP contribution in [-0.2, 0) is 10.0 Å². The summed E-state index contributed by atoms with van der Waals surface area (Å²) in [7, 11) is -3.03. The van der Waals surface area contributed by atoms with Crippen molar-refractivity contribution in [2.45, 2.75) is 4.90 Å². The first-order valence-electron chi connectivity index (χ1n) is 8.83. The topological polar surface area (TPSA) is 128 Å². The molecule has 0 bridgehead atoms. The second-order valence-electron chi connectivity index (χ2n) is 6.32. The number of sulfonamides is 1. The van der Waals surface area contributed by atoms with Crippen LogP contribution in [0.5, 0.6) is 5.75 Å². The number of hydrogen-bond donors (Lipinski definition) is 2. The zero-order chi connectivity index (χ0) is 23.5. The maximum atomic E-state index is 13.0. The highest BCUT2D eigenvalue weighted by Gasteiger charge is 2.24. The molecule has 2 N–H and O–H groups in total. The monoisotopic (exact) mass is 583 g/mol. The minimum atomic E-state index is -4.23. The van der Waals surface area contributed by atoms with E-state index in [1.807, 2.05) is 0 Å². The molecule has 0 aliphatic carbocycles. The average Bonchev–Trinajstić information content (AvgIpc) is 2.75. The number of nitrogens with zero attached hydrogens (tertiary/aromatic N) is 1. The molecule has 166 valence electrons. The molecule has 0 saturated heterocycles. The van der Waals surface area contributed by atoms with Gasteiger partial charge in [-0.3, -0.25) is 19.6 Å². The number of benzene rings is 3. The molecule has 3 rings (SSSR count). The van der Waals surface area contributed by atoms with E-state index in [1.165, 1.54) is 19.2 Å². The van der Waals surface area contributed by atoms with Gasteiger partial charge in [-0.25, -0.2) is 8.42 Å². The number of non-ortho nitro benzene ring substituents is 1. The maximum Gasteiger partial charge on any atom is 0.273 e. The predicted octanol–water partition coefficient (Wildman–Crippen LogP) is 5.18. The fourth-order valence-corrected chi connectivity index (χ4v) is 5.12.